The van der Waals surface area contributed by atoms with Gasteiger partial charge in [-0.15, -0.1) is 0 Å². The molecule has 0 spiro atoms. The van der Waals surface area contributed by atoms with Crippen LogP contribution in [0, 0.1) is 5.82 Å². The van der Waals surface area contributed by atoms with E-state index in [0.717, 1.165) is 18.1 Å². The lowest BCUT2D eigenvalue weighted by atomic mass is 10.1. The molecule has 5 heteroatoms. The van der Waals surface area contributed by atoms with Crippen molar-refractivity contribution >= 4 is 17.3 Å². The van der Waals surface area contributed by atoms with Gasteiger partial charge in [-0.25, -0.2) is 4.39 Å². The Labute approximate surface area is 135 Å². The molecule has 2 N–H and O–H groups in total. The number of hydrogen-bond donors (Lipinski definition) is 2. The number of thiophene rings is 1. The lowest BCUT2D eigenvalue weighted by Gasteiger charge is -2.15. The van der Waals surface area contributed by atoms with Crippen LogP contribution in [0.15, 0.2) is 46.1 Å². The highest BCUT2D eigenvalue weighted by Gasteiger charge is 2.07. The van der Waals surface area contributed by atoms with E-state index in [-0.39, 0.29) is 5.82 Å². The molecule has 0 fully saturated rings. The van der Waals surface area contributed by atoms with E-state index < -0.39 is 0 Å². The summed E-state index contributed by atoms with van der Waals surface area (Å²) in [4.78, 5) is 4.20. The third-order valence-electron chi connectivity index (χ3n) is 3.56. The van der Waals surface area contributed by atoms with Gasteiger partial charge in [-0.1, -0.05) is 25.1 Å². The average molecular weight is 319 g/mol. The van der Waals surface area contributed by atoms with Gasteiger partial charge in [0.15, 0.2) is 5.96 Å². The predicted octanol–water partition coefficient (Wildman–Crippen LogP) is 3.40. The molecule has 2 rings (SSSR count). The van der Waals surface area contributed by atoms with Crippen LogP contribution >= 0.6 is 11.3 Å². The highest BCUT2D eigenvalue weighted by molar-refractivity contribution is 7.07. The van der Waals surface area contributed by atoms with Crippen LogP contribution in [0.4, 0.5) is 4.39 Å². The molecule has 0 aliphatic rings. The Bertz CT molecular complexity index is 596. The fourth-order valence-corrected chi connectivity index (χ4v) is 2.94. The summed E-state index contributed by atoms with van der Waals surface area (Å²) in [6, 6.07) is 9.01. The number of nitrogens with zero attached hydrogens (tertiary/aromatic N) is 1. The van der Waals surface area contributed by atoms with E-state index in [1.54, 1.807) is 24.5 Å². The molecule has 0 saturated carbocycles. The molecule has 3 nitrogen and oxygen atoms in total. The van der Waals surface area contributed by atoms with E-state index in [1.165, 1.54) is 11.6 Å². The zero-order chi connectivity index (χ0) is 15.8. The van der Waals surface area contributed by atoms with Gasteiger partial charge in [-0.2, -0.15) is 11.3 Å². The second-order valence-corrected chi connectivity index (χ2v) is 5.96. The molecule has 0 aliphatic heterocycles. The highest BCUT2D eigenvalue weighted by atomic mass is 32.1. The molecule has 1 atom stereocenters. The van der Waals surface area contributed by atoms with E-state index in [2.05, 4.69) is 39.4 Å². The summed E-state index contributed by atoms with van der Waals surface area (Å²) in [6.45, 7) is 3.64. The van der Waals surface area contributed by atoms with E-state index in [1.807, 2.05) is 12.1 Å². The quantitative estimate of drug-likeness (QED) is 0.632. The fourth-order valence-electron chi connectivity index (χ4n) is 2.16. The molecule has 1 heterocycles. The maximum absolute atomic E-state index is 13.5. The van der Waals surface area contributed by atoms with Crippen LogP contribution in [0.5, 0.6) is 0 Å². The molecule has 0 amide bonds. The number of nitrogens with one attached hydrogen (secondary N) is 2. The number of benzene rings is 1. The number of halogens is 1. The Morgan fingerprint density at radius 1 is 1.27 bits per heavy atom. The standard InChI is InChI=1S/C17H22FN3S/c1-13(15-8-10-22-12-15)11-21-17(19-2)20-9-7-14-5-3-4-6-16(14)18/h3-6,8,10,12-13H,7,9,11H2,1-2H3,(H2,19,20,21). The molecule has 0 bridgehead atoms. The van der Waals surface area contributed by atoms with Gasteiger partial charge < -0.3 is 10.6 Å². The third-order valence-corrected chi connectivity index (χ3v) is 4.26. The molecule has 2 aromatic rings. The molecule has 0 saturated heterocycles. The van der Waals surface area contributed by atoms with Crippen LogP contribution in [-0.4, -0.2) is 26.1 Å². The minimum atomic E-state index is -0.154. The zero-order valence-corrected chi connectivity index (χ0v) is 13.8. The molecular formula is C17H22FN3S. The van der Waals surface area contributed by atoms with Crippen molar-refractivity contribution in [3.05, 3.63) is 58.0 Å². The summed E-state index contributed by atoms with van der Waals surface area (Å²) >= 11 is 1.71. The van der Waals surface area contributed by atoms with Gasteiger partial charge in [-0.05, 0) is 46.4 Å². The van der Waals surface area contributed by atoms with Gasteiger partial charge in [0, 0.05) is 20.1 Å². The number of hydrogen-bond acceptors (Lipinski definition) is 2. The number of guanidine groups is 1. The Kier molecular flexibility index (Phi) is 6.40. The second kappa shape index (κ2) is 8.54. The minimum Gasteiger partial charge on any atom is -0.356 e. The lowest BCUT2D eigenvalue weighted by molar-refractivity contribution is 0.606. The first kappa shape index (κ1) is 16.5. The maximum atomic E-state index is 13.5. The Morgan fingerprint density at radius 3 is 2.77 bits per heavy atom. The van der Waals surface area contributed by atoms with Crippen LogP contribution in [-0.2, 0) is 6.42 Å². The van der Waals surface area contributed by atoms with E-state index in [9.17, 15) is 4.39 Å². The van der Waals surface area contributed by atoms with Gasteiger partial charge in [0.05, 0.1) is 0 Å². The summed E-state index contributed by atoms with van der Waals surface area (Å²) in [5.74, 6) is 1.02. The van der Waals surface area contributed by atoms with Gasteiger partial charge in [0.1, 0.15) is 5.82 Å². The van der Waals surface area contributed by atoms with Gasteiger partial charge in [0.2, 0.25) is 0 Å². The normalized spacial score (nSPS) is 13.0. The summed E-state index contributed by atoms with van der Waals surface area (Å²) in [7, 11) is 1.74. The molecule has 0 aliphatic carbocycles. The van der Waals surface area contributed by atoms with Crippen LogP contribution < -0.4 is 10.6 Å². The van der Waals surface area contributed by atoms with Crippen molar-refractivity contribution in [2.75, 3.05) is 20.1 Å². The largest absolute Gasteiger partial charge is 0.356 e. The molecule has 1 aromatic carbocycles. The van der Waals surface area contributed by atoms with Gasteiger partial charge in [0.25, 0.3) is 0 Å². The SMILES string of the molecule is CN=C(NCCc1ccccc1F)NCC(C)c1ccsc1. The zero-order valence-electron chi connectivity index (χ0n) is 13.0. The topological polar surface area (TPSA) is 36.4 Å². The highest BCUT2D eigenvalue weighted by Crippen LogP contribution is 2.16. The molecule has 22 heavy (non-hydrogen) atoms. The molecule has 0 radical (unpaired) electrons. The van der Waals surface area contributed by atoms with E-state index in [4.69, 9.17) is 0 Å². The van der Waals surface area contributed by atoms with E-state index in [0.29, 0.717) is 18.9 Å². The van der Waals surface area contributed by atoms with Crippen molar-refractivity contribution < 1.29 is 4.39 Å². The first-order chi connectivity index (χ1) is 10.7. The Hall–Kier alpha value is -1.88. The van der Waals surface area contributed by atoms with Crippen molar-refractivity contribution in [3.8, 4) is 0 Å². The average Bonchev–Trinajstić information content (AvgIpc) is 3.06. The van der Waals surface area contributed by atoms with Crippen molar-refractivity contribution in [2.24, 2.45) is 4.99 Å². The first-order valence-corrected chi connectivity index (χ1v) is 8.35. The van der Waals surface area contributed by atoms with Gasteiger partial charge >= 0.3 is 0 Å². The van der Waals surface area contributed by atoms with E-state index >= 15 is 0 Å². The van der Waals surface area contributed by atoms with Crippen LogP contribution in [0.1, 0.15) is 24.0 Å². The van der Waals surface area contributed by atoms with Crippen LogP contribution in [0.3, 0.4) is 0 Å². The van der Waals surface area contributed by atoms with Crippen LogP contribution in [0.2, 0.25) is 0 Å². The number of rotatable bonds is 6. The summed E-state index contributed by atoms with van der Waals surface area (Å²) < 4.78 is 13.5. The van der Waals surface area contributed by atoms with Crippen LogP contribution in [0.25, 0.3) is 0 Å². The molecule has 1 aromatic heterocycles. The van der Waals surface area contributed by atoms with Crippen molar-refractivity contribution in [1.82, 2.24) is 10.6 Å². The first-order valence-electron chi connectivity index (χ1n) is 7.40. The van der Waals surface area contributed by atoms with Crippen molar-refractivity contribution in [1.29, 1.82) is 0 Å². The Morgan fingerprint density at radius 2 is 2.09 bits per heavy atom. The fraction of sp³-hybridized carbons (Fsp3) is 0.353. The maximum Gasteiger partial charge on any atom is 0.191 e. The van der Waals surface area contributed by atoms with Crippen molar-refractivity contribution in [2.45, 2.75) is 19.3 Å². The molecule has 1 unspecified atom stereocenters. The second-order valence-electron chi connectivity index (χ2n) is 5.18. The summed E-state index contributed by atoms with van der Waals surface area (Å²) in [5, 5.41) is 10.8. The monoisotopic (exact) mass is 319 g/mol. The summed E-state index contributed by atoms with van der Waals surface area (Å²) in [5.41, 5.74) is 2.05. The Balaban J connectivity index is 1.75. The lowest BCUT2D eigenvalue weighted by Crippen LogP contribution is -2.39. The summed E-state index contributed by atoms with van der Waals surface area (Å²) in [6.07, 6.45) is 0.632. The van der Waals surface area contributed by atoms with Crippen molar-refractivity contribution in [3.63, 3.8) is 0 Å². The van der Waals surface area contributed by atoms with Gasteiger partial charge in [-0.3, -0.25) is 4.99 Å². The third kappa shape index (κ3) is 4.84. The predicted molar refractivity (Wildman–Crippen MR) is 92.2 cm³/mol. The molecule has 118 valence electrons. The molecular weight excluding hydrogens is 297 g/mol. The number of aliphatic imine (C=N–C) groups is 1. The minimum absolute atomic E-state index is 0.154. The smallest absolute Gasteiger partial charge is 0.191 e.